The monoisotopic (exact) mass is 263 g/mol. The molecule has 0 radical (unpaired) electrons. The zero-order valence-corrected chi connectivity index (χ0v) is 11.4. The van der Waals surface area contributed by atoms with Crippen LogP contribution in [0.1, 0.15) is 11.1 Å². The lowest BCUT2D eigenvalue weighted by atomic mass is 10.1. The molecule has 0 spiro atoms. The molecule has 0 aliphatic heterocycles. The van der Waals surface area contributed by atoms with Crippen molar-refractivity contribution < 1.29 is 0 Å². The number of aryl methyl sites for hydroxylation is 1. The van der Waals surface area contributed by atoms with Crippen LogP contribution in [0.25, 0.3) is 10.9 Å². The summed E-state index contributed by atoms with van der Waals surface area (Å²) < 4.78 is 0. The Morgan fingerprint density at radius 1 is 1.05 bits per heavy atom. The van der Waals surface area contributed by atoms with Gasteiger partial charge in [0.15, 0.2) is 0 Å². The van der Waals surface area contributed by atoms with Gasteiger partial charge in [-0.05, 0) is 36.2 Å². The van der Waals surface area contributed by atoms with Gasteiger partial charge in [0.2, 0.25) is 0 Å². The highest BCUT2D eigenvalue weighted by Crippen LogP contribution is 2.24. The van der Waals surface area contributed by atoms with Crippen LogP contribution in [0.15, 0.2) is 54.6 Å². The molecule has 3 aromatic rings. The Morgan fingerprint density at radius 3 is 2.65 bits per heavy atom. The Hall–Kier alpha value is -2.39. The van der Waals surface area contributed by atoms with Crippen molar-refractivity contribution in [1.29, 1.82) is 0 Å². The maximum absolute atomic E-state index is 5.77. The van der Waals surface area contributed by atoms with E-state index in [1.807, 2.05) is 42.5 Å². The number of hydrogen-bond donors (Lipinski definition) is 2. The van der Waals surface area contributed by atoms with Crippen LogP contribution in [0.4, 0.5) is 11.5 Å². The lowest BCUT2D eigenvalue weighted by Gasteiger charge is -2.13. The summed E-state index contributed by atoms with van der Waals surface area (Å²) in [5.74, 6) is 0.879. The van der Waals surface area contributed by atoms with Gasteiger partial charge >= 0.3 is 0 Å². The maximum Gasteiger partial charge on any atom is 0.134 e. The standard InChI is InChI=1S/C17H17N3/c1-12-10-13-6-2-4-8-15(13)19-17(12)20-16-9-5-3-7-14(16)11-18/h2-10H,11,18H2,1H3,(H,19,20). The number of nitrogens with zero attached hydrogens (tertiary/aromatic N) is 1. The van der Waals surface area contributed by atoms with Crippen molar-refractivity contribution in [1.82, 2.24) is 4.98 Å². The molecule has 100 valence electrons. The van der Waals surface area contributed by atoms with Crippen molar-refractivity contribution in [2.45, 2.75) is 13.5 Å². The molecule has 0 bridgehead atoms. The van der Waals surface area contributed by atoms with Gasteiger partial charge in [0.1, 0.15) is 5.82 Å². The first-order valence-corrected chi connectivity index (χ1v) is 6.69. The van der Waals surface area contributed by atoms with Crippen LogP contribution in [0, 0.1) is 6.92 Å². The summed E-state index contributed by atoms with van der Waals surface area (Å²) in [6.45, 7) is 2.57. The largest absolute Gasteiger partial charge is 0.340 e. The fourth-order valence-electron chi connectivity index (χ4n) is 2.30. The fourth-order valence-corrected chi connectivity index (χ4v) is 2.30. The molecule has 0 aliphatic rings. The lowest BCUT2D eigenvalue weighted by Crippen LogP contribution is -2.03. The van der Waals surface area contributed by atoms with Crippen molar-refractivity contribution in [3.8, 4) is 0 Å². The van der Waals surface area contributed by atoms with Crippen LogP contribution in [-0.2, 0) is 6.54 Å². The molecule has 0 unspecified atom stereocenters. The molecular weight excluding hydrogens is 246 g/mol. The molecule has 1 aromatic heterocycles. The van der Waals surface area contributed by atoms with Crippen LogP contribution in [0.2, 0.25) is 0 Å². The molecule has 0 amide bonds. The third-order valence-electron chi connectivity index (χ3n) is 3.40. The Labute approximate surface area is 118 Å². The van der Waals surface area contributed by atoms with Gasteiger partial charge in [-0.2, -0.15) is 0 Å². The molecule has 3 nitrogen and oxygen atoms in total. The number of benzene rings is 2. The average molecular weight is 263 g/mol. The number of rotatable bonds is 3. The number of nitrogens with one attached hydrogen (secondary N) is 1. The van der Waals surface area contributed by atoms with E-state index in [2.05, 4.69) is 24.4 Å². The van der Waals surface area contributed by atoms with E-state index in [4.69, 9.17) is 10.7 Å². The SMILES string of the molecule is Cc1cc2ccccc2nc1Nc1ccccc1CN. The van der Waals surface area contributed by atoms with Crippen LogP contribution in [-0.4, -0.2) is 4.98 Å². The minimum absolute atomic E-state index is 0.510. The van der Waals surface area contributed by atoms with E-state index in [1.54, 1.807) is 0 Å². The van der Waals surface area contributed by atoms with Gasteiger partial charge in [-0.15, -0.1) is 0 Å². The molecule has 0 fully saturated rings. The molecule has 20 heavy (non-hydrogen) atoms. The van der Waals surface area contributed by atoms with Gasteiger partial charge in [-0.25, -0.2) is 4.98 Å². The summed E-state index contributed by atoms with van der Waals surface area (Å²) in [6, 6.07) is 18.3. The van der Waals surface area contributed by atoms with E-state index in [1.165, 1.54) is 0 Å². The minimum atomic E-state index is 0.510. The molecule has 1 heterocycles. The number of hydrogen-bond acceptors (Lipinski definition) is 3. The molecule has 0 saturated heterocycles. The van der Waals surface area contributed by atoms with Gasteiger partial charge in [-0.1, -0.05) is 36.4 Å². The third kappa shape index (κ3) is 2.36. The predicted octanol–water partition coefficient (Wildman–Crippen LogP) is 3.75. The zero-order valence-electron chi connectivity index (χ0n) is 11.4. The van der Waals surface area contributed by atoms with E-state index in [0.717, 1.165) is 33.5 Å². The van der Waals surface area contributed by atoms with E-state index in [-0.39, 0.29) is 0 Å². The van der Waals surface area contributed by atoms with E-state index >= 15 is 0 Å². The number of nitrogens with two attached hydrogens (primary N) is 1. The molecule has 3 N–H and O–H groups in total. The second-order valence-corrected chi connectivity index (χ2v) is 4.83. The number of anilines is 2. The first kappa shape index (κ1) is 12.6. The third-order valence-corrected chi connectivity index (χ3v) is 3.40. The van der Waals surface area contributed by atoms with Crippen LogP contribution < -0.4 is 11.1 Å². The number of aromatic nitrogens is 1. The molecule has 0 saturated carbocycles. The average Bonchev–Trinajstić information content (AvgIpc) is 2.48. The van der Waals surface area contributed by atoms with Gasteiger partial charge in [-0.3, -0.25) is 0 Å². The normalized spacial score (nSPS) is 10.7. The van der Waals surface area contributed by atoms with E-state index in [0.29, 0.717) is 6.54 Å². The van der Waals surface area contributed by atoms with Crippen molar-refractivity contribution in [2.24, 2.45) is 5.73 Å². The number of fused-ring (bicyclic) bond motifs is 1. The van der Waals surface area contributed by atoms with E-state index < -0.39 is 0 Å². The summed E-state index contributed by atoms with van der Waals surface area (Å²) in [4.78, 5) is 4.69. The second-order valence-electron chi connectivity index (χ2n) is 4.83. The molecule has 0 atom stereocenters. The quantitative estimate of drug-likeness (QED) is 0.756. The van der Waals surface area contributed by atoms with Crippen molar-refractivity contribution in [3.05, 3.63) is 65.7 Å². The smallest absolute Gasteiger partial charge is 0.134 e. The summed E-state index contributed by atoms with van der Waals surface area (Å²) in [5.41, 5.74) is 9.98. The minimum Gasteiger partial charge on any atom is -0.340 e. The summed E-state index contributed by atoms with van der Waals surface area (Å²) in [5, 5.41) is 4.55. The fraction of sp³-hybridized carbons (Fsp3) is 0.118. The highest BCUT2D eigenvalue weighted by atomic mass is 15.0. The first-order chi connectivity index (χ1) is 9.78. The van der Waals surface area contributed by atoms with Crippen molar-refractivity contribution in [2.75, 3.05) is 5.32 Å². The molecule has 3 rings (SSSR count). The highest BCUT2D eigenvalue weighted by Gasteiger charge is 2.06. The molecule has 3 heteroatoms. The van der Waals surface area contributed by atoms with E-state index in [9.17, 15) is 0 Å². The number of pyridine rings is 1. The topological polar surface area (TPSA) is 50.9 Å². The predicted molar refractivity (Wildman–Crippen MR) is 84.1 cm³/mol. The van der Waals surface area contributed by atoms with Crippen LogP contribution >= 0.6 is 0 Å². The maximum atomic E-state index is 5.77. The Morgan fingerprint density at radius 2 is 1.80 bits per heavy atom. The van der Waals surface area contributed by atoms with Crippen molar-refractivity contribution in [3.63, 3.8) is 0 Å². The second kappa shape index (κ2) is 5.31. The Kier molecular flexibility index (Phi) is 3.35. The Balaban J connectivity index is 2.04. The summed E-state index contributed by atoms with van der Waals surface area (Å²) in [6.07, 6.45) is 0. The van der Waals surface area contributed by atoms with Crippen LogP contribution in [0.5, 0.6) is 0 Å². The molecule has 0 aliphatic carbocycles. The van der Waals surface area contributed by atoms with Gasteiger partial charge in [0, 0.05) is 17.6 Å². The van der Waals surface area contributed by atoms with Gasteiger partial charge in [0.05, 0.1) is 5.52 Å². The van der Waals surface area contributed by atoms with Gasteiger partial charge in [0.25, 0.3) is 0 Å². The first-order valence-electron chi connectivity index (χ1n) is 6.69. The Bertz CT molecular complexity index is 750. The summed E-state index contributed by atoms with van der Waals surface area (Å²) in [7, 11) is 0. The number of para-hydroxylation sites is 2. The lowest BCUT2D eigenvalue weighted by molar-refractivity contribution is 1.07. The molecule has 2 aromatic carbocycles. The molecular formula is C17H17N3. The van der Waals surface area contributed by atoms with Gasteiger partial charge < -0.3 is 11.1 Å². The zero-order chi connectivity index (χ0) is 13.9. The summed E-state index contributed by atoms with van der Waals surface area (Å²) >= 11 is 0. The van der Waals surface area contributed by atoms with Crippen molar-refractivity contribution >= 4 is 22.4 Å². The highest BCUT2D eigenvalue weighted by molar-refractivity contribution is 5.82. The van der Waals surface area contributed by atoms with Crippen LogP contribution in [0.3, 0.4) is 0 Å².